The molecule has 0 radical (unpaired) electrons. The minimum Gasteiger partial charge on any atom is -0.463 e. The number of unbranched alkanes of at least 4 members (excludes halogenated alkanes) is 3. The first kappa shape index (κ1) is 112. The SMILES string of the molecule is CC(=O)C[C@H]1[C@H](OCCCCC(=O)NCCCNC(=O)CCOCC(COCCC(=O)NCCCNC(=O)CCCCO[C@@H]2O[C@H](COC(C)=O)[C@H](OC(C)=O)[C@H](OC(C)=O)[C@H]2CC(C)=O)(COCCC(=O)NCCCNC(=O)CCCCO[C@@H]2O[C@H](COC(C)=O)[C@H](OC(C)=O)[C@H](OC(C)=O)[C@H]2NC(C)=O)C(C)C)O[C@H](COC(C)=O)[C@H](OC(C)=O)[C@@H]1OC(C)=O. The van der Waals surface area contributed by atoms with Crippen molar-refractivity contribution < 1.29 is 172 Å². The second-order valence-electron chi connectivity index (χ2n) is 31.4. The molecule has 15 atom stereocenters. The highest BCUT2D eigenvalue weighted by Crippen LogP contribution is 2.37. The number of ketones is 2. The van der Waals surface area contributed by atoms with Gasteiger partial charge in [-0.15, -0.1) is 0 Å². The average molecular weight is 1820 g/mol. The molecule has 3 fully saturated rings. The lowest BCUT2D eigenvalue weighted by molar-refractivity contribution is -0.291. The highest BCUT2D eigenvalue weighted by Gasteiger charge is 2.54. The molecular formula is C84H135N7O36. The van der Waals surface area contributed by atoms with Crippen LogP contribution in [0.25, 0.3) is 0 Å². The predicted octanol–water partition coefficient (Wildman–Crippen LogP) is 1.43. The van der Waals surface area contributed by atoms with Crippen molar-refractivity contribution >= 4 is 107 Å². The molecule has 0 aromatic rings. The van der Waals surface area contributed by atoms with Crippen molar-refractivity contribution in [1.82, 2.24) is 37.2 Å². The van der Waals surface area contributed by atoms with Crippen LogP contribution in [0.5, 0.6) is 0 Å². The first-order valence-electron chi connectivity index (χ1n) is 43.0. The Kier molecular flexibility index (Phi) is 54.4. The van der Waals surface area contributed by atoms with E-state index in [4.69, 9.17) is 85.3 Å². The van der Waals surface area contributed by atoms with Gasteiger partial charge in [0.25, 0.3) is 0 Å². The number of rotatable bonds is 63. The minimum atomic E-state index is -1.29. The molecule has 0 aromatic heterocycles. The molecule has 127 heavy (non-hydrogen) atoms. The molecule has 7 N–H and O–H groups in total. The Morgan fingerprint density at radius 1 is 0.299 bits per heavy atom. The monoisotopic (exact) mass is 1820 g/mol. The van der Waals surface area contributed by atoms with E-state index in [0.717, 1.165) is 48.5 Å². The summed E-state index contributed by atoms with van der Waals surface area (Å²) in [5, 5.41) is 19.5. The zero-order valence-corrected chi connectivity index (χ0v) is 75.7. The lowest BCUT2D eigenvalue weighted by atomic mass is 9.79. The number of nitrogens with one attached hydrogen (secondary N) is 7. The number of carbonyl (C=O) groups excluding carboxylic acids is 18. The molecule has 722 valence electrons. The van der Waals surface area contributed by atoms with E-state index in [1.54, 1.807) is 0 Å². The topological polar surface area (TPSA) is 558 Å². The maximum absolute atomic E-state index is 13.0. The smallest absolute Gasteiger partial charge is 0.303 e. The first-order chi connectivity index (χ1) is 60.2. The van der Waals surface area contributed by atoms with Gasteiger partial charge in [-0.1, -0.05) is 13.8 Å². The molecule has 0 spiro atoms. The molecule has 3 saturated heterocycles. The lowest BCUT2D eigenvalue weighted by Crippen LogP contribution is -2.66. The predicted molar refractivity (Wildman–Crippen MR) is 439 cm³/mol. The summed E-state index contributed by atoms with van der Waals surface area (Å²) in [6.45, 7) is 18.6. The molecule has 0 saturated carbocycles. The van der Waals surface area contributed by atoms with Crippen LogP contribution in [0.2, 0.25) is 0 Å². The lowest BCUT2D eigenvalue weighted by Gasteiger charge is -2.44. The van der Waals surface area contributed by atoms with Crippen LogP contribution in [0.15, 0.2) is 0 Å². The Hall–Kier alpha value is -9.50. The average Bonchev–Trinajstić information content (AvgIpc) is 0.799. The third kappa shape index (κ3) is 47.4. The summed E-state index contributed by atoms with van der Waals surface area (Å²) in [5.74, 6) is -11.2. The quantitative estimate of drug-likeness (QED) is 0.0257. The number of carbonyl (C=O) groups is 18. The third-order valence-corrected chi connectivity index (χ3v) is 19.8. The number of hydrogen-bond acceptors (Lipinski definition) is 36. The minimum absolute atomic E-state index is 0.00426. The van der Waals surface area contributed by atoms with Crippen LogP contribution in [0.4, 0.5) is 0 Å². The molecule has 3 heterocycles. The van der Waals surface area contributed by atoms with Crippen molar-refractivity contribution in [2.24, 2.45) is 23.2 Å². The van der Waals surface area contributed by atoms with Crippen LogP contribution in [0.3, 0.4) is 0 Å². The second kappa shape index (κ2) is 61.9. The van der Waals surface area contributed by atoms with Gasteiger partial charge in [0.05, 0.1) is 51.5 Å². The van der Waals surface area contributed by atoms with E-state index in [9.17, 15) is 86.3 Å². The zero-order valence-electron chi connectivity index (χ0n) is 75.7. The van der Waals surface area contributed by atoms with Crippen LogP contribution in [-0.4, -0.2) is 305 Å². The molecule has 3 rings (SSSR count). The van der Waals surface area contributed by atoms with E-state index in [-0.39, 0.29) is 216 Å². The van der Waals surface area contributed by atoms with E-state index >= 15 is 0 Å². The van der Waals surface area contributed by atoms with Crippen molar-refractivity contribution in [3.8, 4) is 0 Å². The molecule has 3 aliphatic heterocycles. The van der Waals surface area contributed by atoms with Crippen LogP contribution in [-0.2, 0) is 172 Å². The van der Waals surface area contributed by atoms with Crippen LogP contribution >= 0.6 is 0 Å². The van der Waals surface area contributed by atoms with E-state index < -0.39 is 163 Å². The fourth-order valence-electron chi connectivity index (χ4n) is 13.7. The Labute approximate surface area is 740 Å². The van der Waals surface area contributed by atoms with E-state index in [2.05, 4.69) is 37.2 Å². The maximum Gasteiger partial charge on any atom is 0.303 e. The van der Waals surface area contributed by atoms with E-state index in [1.807, 2.05) is 13.8 Å². The fourth-order valence-corrected chi connectivity index (χ4v) is 13.7. The summed E-state index contributed by atoms with van der Waals surface area (Å²) in [6.07, 6.45) is -11.0. The van der Waals surface area contributed by atoms with Crippen molar-refractivity contribution in [3.05, 3.63) is 0 Å². The molecule has 0 aliphatic carbocycles. The van der Waals surface area contributed by atoms with Gasteiger partial charge in [-0.25, -0.2) is 0 Å². The van der Waals surface area contributed by atoms with Crippen LogP contribution in [0, 0.1) is 23.2 Å². The standard InChI is InChI=1S/C84H135N7O36/c1-50(2)84(47-110-39-27-71(107)88-33-21-30-85-68(104)24-15-18-36-113-81-63(42-51(3)92)75(119-57(9)98)77(121-59(11)100)65(125-81)44-116-54(6)95,48-111-40-28-72(108)89-34-22-31-86-69(105)25-16-19-37-114-82-64(43-52(4)93)76(120-58(10)99)78(122-60(12)101)66(126-82)45-117-55(7)96)49-112-41-29-73(109)90-35-23-32-87-70(106)26-17-20-38-115-83-74(91-53(5)94)80(124-62(14)103)79(123-61(13)102)67(127-83)46-118-56(8)97/h50,63-67,74-83H,15-49H2,1-14H3,(H,85,104)(H,86,105)(H,87,106)(H,88,107)(H,89,108)(H,90,109)(H,91,94)/t63-,64-,65-,66-,67-,74-,75-,76-,77+,78+,79+,80-,81-,82-,83-/m1/s1. The molecule has 0 aromatic carbocycles. The van der Waals surface area contributed by atoms with Gasteiger partial charge in [0.2, 0.25) is 41.4 Å². The summed E-state index contributed by atoms with van der Waals surface area (Å²) < 4.78 is 103. The highest BCUT2D eigenvalue weighted by atomic mass is 16.7. The molecule has 3 aliphatic rings. The van der Waals surface area contributed by atoms with Crippen molar-refractivity contribution in [3.63, 3.8) is 0 Å². The second-order valence-corrected chi connectivity index (χ2v) is 31.4. The Morgan fingerprint density at radius 2 is 0.559 bits per heavy atom. The summed E-state index contributed by atoms with van der Waals surface area (Å²) >= 11 is 0. The molecule has 43 heteroatoms. The normalized spacial score (nSPS) is 22.0. The first-order valence-corrected chi connectivity index (χ1v) is 43.0. The van der Waals surface area contributed by atoms with Gasteiger partial charge in [-0.05, 0) is 77.6 Å². The van der Waals surface area contributed by atoms with Crippen LogP contribution < -0.4 is 37.2 Å². The Balaban J connectivity index is 1.51. The van der Waals surface area contributed by atoms with Crippen LogP contribution in [0.1, 0.15) is 206 Å². The van der Waals surface area contributed by atoms with Gasteiger partial charge < -0.3 is 132 Å². The molecule has 0 bridgehead atoms. The number of esters is 9. The highest BCUT2D eigenvalue weighted by molar-refractivity contribution is 5.80. The number of ether oxygens (including phenoxy) is 18. The molecule has 43 nitrogen and oxygen atoms in total. The van der Waals surface area contributed by atoms with E-state index in [1.165, 1.54) is 34.6 Å². The van der Waals surface area contributed by atoms with Gasteiger partial charge in [-0.2, -0.15) is 0 Å². The third-order valence-electron chi connectivity index (χ3n) is 19.8. The van der Waals surface area contributed by atoms with Crippen molar-refractivity contribution in [1.29, 1.82) is 0 Å². The summed E-state index contributed by atoms with van der Waals surface area (Å²) in [7, 11) is 0. The van der Waals surface area contributed by atoms with E-state index in [0.29, 0.717) is 57.8 Å². The number of hydrogen-bond donors (Lipinski definition) is 7. The zero-order chi connectivity index (χ0) is 94.6. The van der Waals surface area contributed by atoms with Crippen molar-refractivity contribution in [2.45, 2.75) is 286 Å². The van der Waals surface area contributed by atoms with Crippen molar-refractivity contribution in [2.75, 3.05) is 119 Å². The van der Waals surface area contributed by atoms with Gasteiger partial charge in [-0.3, -0.25) is 76.7 Å². The molecule has 0 unspecified atom stereocenters. The van der Waals surface area contributed by atoms with Gasteiger partial charge in [0, 0.05) is 185 Å². The number of Topliss-reactive ketones (excluding diaryl/α,β-unsaturated/α-hetero) is 2. The fraction of sp³-hybridized carbons (Fsp3) is 0.786. The molecule has 7 amide bonds. The Morgan fingerprint density at radius 3 is 0.827 bits per heavy atom. The largest absolute Gasteiger partial charge is 0.463 e. The van der Waals surface area contributed by atoms with Gasteiger partial charge >= 0.3 is 53.7 Å². The molecular weight excluding hydrogens is 1680 g/mol. The summed E-state index contributed by atoms with van der Waals surface area (Å²) in [6, 6.07) is -1.15. The summed E-state index contributed by atoms with van der Waals surface area (Å²) in [4.78, 5) is 223. The van der Waals surface area contributed by atoms with Gasteiger partial charge in [0.15, 0.2) is 43.3 Å². The number of amides is 7. The summed E-state index contributed by atoms with van der Waals surface area (Å²) in [5.41, 5.74) is -0.850. The Bertz CT molecular complexity index is 3180. The maximum atomic E-state index is 13.0. The van der Waals surface area contributed by atoms with Gasteiger partial charge in [0.1, 0.15) is 67.9 Å².